The van der Waals surface area contributed by atoms with Gasteiger partial charge in [0.1, 0.15) is 0 Å². The molecule has 1 unspecified atom stereocenters. The van der Waals surface area contributed by atoms with Crippen LogP contribution in [0.5, 0.6) is 0 Å². The van der Waals surface area contributed by atoms with E-state index in [0.717, 1.165) is 0 Å². The second kappa shape index (κ2) is 5.81. The summed E-state index contributed by atoms with van der Waals surface area (Å²) in [7, 11) is 0. The maximum atomic E-state index is 12.0. The van der Waals surface area contributed by atoms with Crippen LogP contribution in [0.15, 0.2) is 29.2 Å². The molecule has 0 aliphatic heterocycles. The average molecular weight is 247 g/mol. The summed E-state index contributed by atoms with van der Waals surface area (Å²) >= 11 is 0.442. The number of thioether (sulfide) groups is 1. The molecule has 3 N–H and O–H groups in total. The zero-order valence-electron chi connectivity index (χ0n) is 8.27. The first kappa shape index (κ1) is 12.9. The summed E-state index contributed by atoms with van der Waals surface area (Å²) in [6.45, 7) is 0. The van der Waals surface area contributed by atoms with Crippen molar-refractivity contribution in [2.75, 3.05) is 0 Å². The van der Waals surface area contributed by atoms with Crippen LogP contribution in [-0.4, -0.2) is 16.8 Å². The third kappa shape index (κ3) is 4.16. The van der Waals surface area contributed by atoms with Gasteiger partial charge in [-0.15, -0.1) is 0 Å². The Labute approximate surface area is 95.6 Å². The number of aliphatic carboxylic acids is 1. The summed E-state index contributed by atoms with van der Waals surface area (Å²) in [5.74, 6) is -3.45. The van der Waals surface area contributed by atoms with Crippen LogP contribution in [0.1, 0.15) is 18.0 Å². The first-order valence-corrected chi connectivity index (χ1v) is 5.39. The van der Waals surface area contributed by atoms with Crippen molar-refractivity contribution in [2.24, 2.45) is 5.73 Å². The summed E-state index contributed by atoms with van der Waals surface area (Å²) in [4.78, 5) is 10.8. The molecule has 0 aromatic heterocycles. The van der Waals surface area contributed by atoms with Crippen molar-refractivity contribution in [3.63, 3.8) is 0 Å². The van der Waals surface area contributed by atoms with E-state index in [-0.39, 0.29) is 6.42 Å². The van der Waals surface area contributed by atoms with E-state index in [9.17, 15) is 13.6 Å². The second-order valence-electron chi connectivity index (χ2n) is 3.15. The predicted molar refractivity (Wildman–Crippen MR) is 57.5 cm³/mol. The van der Waals surface area contributed by atoms with Crippen molar-refractivity contribution in [3.05, 3.63) is 29.8 Å². The van der Waals surface area contributed by atoms with Gasteiger partial charge in [-0.2, -0.15) is 8.78 Å². The summed E-state index contributed by atoms with van der Waals surface area (Å²) in [6.07, 6.45) is -0.179. The second-order valence-corrected chi connectivity index (χ2v) is 4.22. The monoisotopic (exact) mass is 247 g/mol. The standard InChI is InChI=1S/C10H11F2NO2S/c11-10(12)16-7-3-1-6(2-4-7)8(13)5-9(14)15/h1-4,8,10H,5,13H2,(H,14,15). The van der Waals surface area contributed by atoms with Gasteiger partial charge in [0, 0.05) is 10.9 Å². The number of halogens is 2. The summed E-state index contributed by atoms with van der Waals surface area (Å²) in [6, 6.07) is 5.54. The Morgan fingerprint density at radius 3 is 2.38 bits per heavy atom. The van der Waals surface area contributed by atoms with Gasteiger partial charge < -0.3 is 10.8 Å². The number of carbonyl (C=O) groups is 1. The van der Waals surface area contributed by atoms with Crippen molar-refractivity contribution in [1.29, 1.82) is 0 Å². The summed E-state index contributed by atoms with van der Waals surface area (Å²) in [5.41, 5.74) is 6.24. The van der Waals surface area contributed by atoms with Gasteiger partial charge in [-0.3, -0.25) is 4.79 Å². The molecule has 0 aliphatic rings. The number of rotatable bonds is 5. The van der Waals surface area contributed by atoms with Crippen molar-refractivity contribution in [1.82, 2.24) is 0 Å². The number of alkyl halides is 2. The third-order valence-corrected chi connectivity index (χ3v) is 2.65. The van der Waals surface area contributed by atoms with Crippen LogP contribution >= 0.6 is 11.8 Å². The Hall–Kier alpha value is -1.14. The maximum Gasteiger partial charge on any atom is 0.305 e. The van der Waals surface area contributed by atoms with Crippen LogP contribution in [0.3, 0.4) is 0 Å². The van der Waals surface area contributed by atoms with Crippen molar-refractivity contribution < 1.29 is 18.7 Å². The molecule has 1 rings (SSSR count). The Balaban J connectivity index is 2.66. The number of nitrogens with two attached hydrogens (primary N) is 1. The van der Waals surface area contributed by atoms with Crippen molar-refractivity contribution >= 4 is 17.7 Å². The quantitative estimate of drug-likeness (QED) is 0.784. The number of hydrogen-bond donors (Lipinski definition) is 2. The van der Waals surface area contributed by atoms with Crippen LogP contribution in [0, 0.1) is 0 Å². The summed E-state index contributed by atoms with van der Waals surface area (Å²) in [5, 5.41) is 8.54. The first-order valence-electron chi connectivity index (χ1n) is 4.51. The molecule has 88 valence electrons. The van der Waals surface area contributed by atoms with Crippen molar-refractivity contribution in [2.45, 2.75) is 23.1 Å². The SMILES string of the molecule is NC(CC(=O)O)c1ccc(SC(F)F)cc1. The fourth-order valence-corrected chi connectivity index (χ4v) is 1.70. The molecule has 0 saturated heterocycles. The van der Waals surface area contributed by atoms with E-state index in [2.05, 4.69) is 0 Å². The molecule has 6 heteroatoms. The highest BCUT2D eigenvalue weighted by Crippen LogP contribution is 2.26. The molecule has 0 spiro atoms. The highest BCUT2D eigenvalue weighted by atomic mass is 32.2. The Morgan fingerprint density at radius 2 is 1.94 bits per heavy atom. The molecule has 0 aliphatic carbocycles. The molecule has 1 atom stereocenters. The van der Waals surface area contributed by atoms with Gasteiger partial charge in [0.15, 0.2) is 0 Å². The fraction of sp³-hybridized carbons (Fsp3) is 0.300. The number of carboxylic acids is 1. The molecule has 0 saturated carbocycles. The third-order valence-electron chi connectivity index (χ3n) is 1.93. The predicted octanol–water partition coefficient (Wildman–Crippen LogP) is 2.48. The lowest BCUT2D eigenvalue weighted by molar-refractivity contribution is -0.137. The summed E-state index contributed by atoms with van der Waals surface area (Å²) < 4.78 is 24.0. The Kier molecular flexibility index (Phi) is 4.70. The van der Waals surface area contributed by atoms with Crippen LogP contribution < -0.4 is 5.73 Å². The van der Waals surface area contributed by atoms with Crippen LogP contribution in [-0.2, 0) is 4.79 Å². The van der Waals surface area contributed by atoms with Gasteiger partial charge in [-0.1, -0.05) is 23.9 Å². The minimum absolute atomic E-state index is 0.179. The average Bonchev–Trinajstić information content (AvgIpc) is 2.16. The molecule has 1 aromatic rings. The number of benzene rings is 1. The lowest BCUT2D eigenvalue weighted by Crippen LogP contribution is -2.14. The molecule has 0 amide bonds. The maximum absolute atomic E-state index is 12.0. The van der Waals surface area contributed by atoms with E-state index < -0.39 is 17.8 Å². The van der Waals surface area contributed by atoms with E-state index in [1.165, 1.54) is 12.1 Å². The molecule has 16 heavy (non-hydrogen) atoms. The smallest absolute Gasteiger partial charge is 0.305 e. The van der Waals surface area contributed by atoms with Gasteiger partial charge in [-0.25, -0.2) is 0 Å². The number of carboxylic acid groups (broad SMARTS) is 1. The van der Waals surface area contributed by atoms with E-state index in [0.29, 0.717) is 22.2 Å². The first-order chi connectivity index (χ1) is 7.49. The molecule has 0 heterocycles. The van der Waals surface area contributed by atoms with Crippen LogP contribution in [0.2, 0.25) is 0 Å². The highest BCUT2D eigenvalue weighted by molar-refractivity contribution is 7.99. The molecule has 3 nitrogen and oxygen atoms in total. The molecule has 1 aromatic carbocycles. The highest BCUT2D eigenvalue weighted by Gasteiger charge is 2.11. The van der Waals surface area contributed by atoms with Gasteiger partial charge in [0.25, 0.3) is 5.76 Å². The van der Waals surface area contributed by atoms with Gasteiger partial charge in [0.05, 0.1) is 6.42 Å². The molecule has 0 bridgehead atoms. The van der Waals surface area contributed by atoms with Crippen molar-refractivity contribution in [3.8, 4) is 0 Å². The lowest BCUT2D eigenvalue weighted by atomic mass is 10.1. The number of hydrogen-bond acceptors (Lipinski definition) is 3. The molecular formula is C10H11F2NO2S. The minimum atomic E-state index is -2.46. The van der Waals surface area contributed by atoms with Gasteiger partial charge >= 0.3 is 5.97 Å². The zero-order valence-corrected chi connectivity index (χ0v) is 9.08. The van der Waals surface area contributed by atoms with Gasteiger partial charge in [-0.05, 0) is 17.7 Å². The van der Waals surface area contributed by atoms with E-state index in [1.54, 1.807) is 12.1 Å². The van der Waals surface area contributed by atoms with Crippen LogP contribution in [0.25, 0.3) is 0 Å². The molecule has 0 radical (unpaired) electrons. The van der Waals surface area contributed by atoms with Gasteiger partial charge in [0.2, 0.25) is 0 Å². The van der Waals surface area contributed by atoms with E-state index in [4.69, 9.17) is 10.8 Å². The van der Waals surface area contributed by atoms with E-state index >= 15 is 0 Å². The molecular weight excluding hydrogens is 236 g/mol. The fourth-order valence-electron chi connectivity index (χ4n) is 1.20. The molecule has 0 fully saturated rings. The Morgan fingerprint density at radius 1 is 1.38 bits per heavy atom. The van der Waals surface area contributed by atoms with E-state index in [1.807, 2.05) is 0 Å². The lowest BCUT2D eigenvalue weighted by Gasteiger charge is -2.09. The normalized spacial score (nSPS) is 12.8. The minimum Gasteiger partial charge on any atom is -0.481 e. The zero-order chi connectivity index (χ0) is 12.1. The Bertz CT molecular complexity index is 356. The largest absolute Gasteiger partial charge is 0.481 e. The topological polar surface area (TPSA) is 63.3 Å². The van der Waals surface area contributed by atoms with Crippen LogP contribution in [0.4, 0.5) is 8.78 Å².